The minimum absolute atomic E-state index is 0.301. The number of aromatic nitrogens is 2. The molecule has 0 aliphatic carbocycles. The van der Waals surface area contributed by atoms with E-state index in [1.54, 1.807) is 11.8 Å². The van der Waals surface area contributed by atoms with Crippen molar-refractivity contribution in [2.45, 2.75) is 37.7 Å². The van der Waals surface area contributed by atoms with E-state index in [1.807, 2.05) is 18.2 Å². The summed E-state index contributed by atoms with van der Waals surface area (Å²) in [7, 11) is 0. The molecule has 0 saturated heterocycles. The normalized spacial score (nSPS) is 12.6. The van der Waals surface area contributed by atoms with Crippen LogP contribution in [-0.2, 0) is 12.2 Å². The average Bonchev–Trinajstić information content (AvgIpc) is 2.85. The van der Waals surface area contributed by atoms with E-state index in [0.29, 0.717) is 16.9 Å². The Morgan fingerprint density at radius 2 is 2.16 bits per heavy atom. The molecule has 2 aromatic rings. The van der Waals surface area contributed by atoms with E-state index in [1.165, 1.54) is 0 Å². The quantitative estimate of drug-likeness (QED) is 0.776. The fourth-order valence-electron chi connectivity index (χ4n) is 1.76. The van der Waals surface area contributed by atoms with Crippen LogP contribution in [0.1, 0.15) is 42.8 Å². The minimum atomic E-state index is 0.301. The van der Waals surface area contributed by atoms with Crippen LogP contribution in [-0.4, -0.2) is 10.1 Å². The van der Waals surface area contributed by atoms with Crippen LogP contribution in [0.15, 0.2) is 28.8 Å². The highest BCUT2D eigenvalue weighted by Crippen LogP contribution is 2.34. The van der Waals surface area contributed by atoms with Gasteiger partial charge in [0.15, 0.2) is 5.82 Å². The molecule has 0 fully saturated rings. The summed E-state index contributed by atoms with van der Waals surface area (Å²) in [6.07, 6.45) is 1.90. The average molecular weight is 297 g/mol. The summed E-state index contributed by atoms with van der Waals surface area (Å²) < 4.78 is 5.22. The van der Waals surface area contributed by atoms with Gasteiger partial charge in [-0.3, -0.25) is 0 Å². The third-order valence-electron chi connectivity index (χ3n) is 2.78. The molecule has 0 saturated carbocycles. The zero-order chi connectivity index (χ0) is 13.7. The Bertz CT molecular complexity index is 530. The smallest absolute Gasteiger partial charge is 0.236 e. The molecule has 1 aromatic heterocycles. The van der Waals surface area contributed by atoms with Gasteiger partial charge in [0.1, 0.15) is 0 Å². The first kappa shape index (κ1) is 14.4. The van der Waals surface area contributed by atoms with Gasteiger partial charge < -0.3 is 4.52 Å². The number of thioether (sulfide) groups is 1. The van der Waals surface area contributed by atoms with Crippen LogP contribution >= 0.6 is 23.4 Å². The molecule has 0 aliphatic rings. The Morgan fingerprint density at radius 3 is 2.89 bits per heavy atom. The van der Waals surface area contributed by atoms with Gasteiger partial charge in [-0.2, -0.15) is 4.98 Å². The van der Waals surface area contributed by atoms with Gasteiger partial charge in [0.2, 0.25) is 5.89 Å². The summed E-state index contributed by atoms with van der Waals surface area (Å²) in [5, 5.41) is 5.06. The van der Waals surface area contributed by atoms with E-state index < -0.39 is 0 Å². The lowest BCUT2D eigenvalue weighted by atomic mass is 10.2. The summed E-state index contributed by atoms with van der Waals surface area (Å²) in [4.78, 5) is 4.36. The zero-order valence-electron chi connectivity index (χ0n) is 11.1. The van der Waals surface area contributed by atoms with Crippen LogP contribution in [0.4, 0.5) is 0 Å². The summed E-state index contributed by atoms with van der Waals surface area (Å²) >= 11 is 7.93. The lowest BCUT2D eigenvalue weighted by Crippen LogP contribution is -1.92. The summed E-state index contributed by atoms with van der Waals surface area (Å²) in [5.41, 5.74) is 1.14. The molecule has 0 spiro atoms. The van der Waals surface area contributed by atoms with E-state index >= 15 is 0 Å². The fourth-order valence-corrected chi connectivity index (χ4v) is 3.02. The van der Waals surface area contributed by atoms with Gasteiger partial charge in [0.05, 0.1) is 5.75 Å². The third-order valence-corrected chi connectivity index (χ3v) is 4.30. The lowest BCUT2D eigenvalue weighted by Gasteiger charge is -2.11. The Balaban J connectivity index is 1.92. The number of rotatable bonds is 6. The first-order valence-corrected chi connectivity index (χ1v) is 7.81. The van der Waals surface area contributed by atoms with Gasteiger partial charge in [-0.15, -0.1) is 11.8 Å². The summed E-state index contributed by atoms with van der Waals surface area (Å²) in [6, 6.07) is 7.92. The van der Waals surface area contributed by atoms with E-state index in [4.69, 9.17) is 16.1 Å². The molecule has 0 N–H and O–H groups in total. The molecule has 3 nitrogen and oxygen atoms in total. The molecular weight excluding hydrogens is 280 g/mol. The van der Waals surface area contributed by atoms with Crippen molar-refractivity contribution in [3.05, 3.63) is 46.6 Å². The molecule has 1 aromatic carbocycles. The molecule has 1 atom stereocenters. The van der Waals surface area contributed by atoms with Gasteiger partial charge in [-0.25, -0.2) is 0 Å². The second-order valence-corrected chi connectivity index (χ2v) is 6.07. The van der Waals surface area contributed by atoms with Crippen molar-refractivity contribution in [3.8, 4) is 0 Å². The molecule has 19 heavy (non-hydrogen) atoms. The molecule has 1 heterocycles. The maximum Gasteiger partial charge on any atom is 0.236 e. The largest absolute Gasteiger partial charge is 0.338 e. The second kappa shape index (κ2) is 6.96. The van der Waals surface area contributed by atoms with Crippen molar-refractivity contribution in [3.63, 3.8) is 0 Å². The van der Waals surface area contributed by atoms with E-state index in [0.717, 1.165) is 29.3 Å². The fraction of sp³-hybridized carbons (Fsp3) is 0.429. The number of hydrogen-bond acceptors (Lipinski definition) is 4. The van der Waals surface area contributed by atoms with Crippen molar-refractivity contribution in [2.24, 2.45) is 0 Å². The SMILES string of the molecule is CCCc1noc(CSC(C)c2ccccc2Cl)n1. The Morgan fingerprint density at radius 1 is 1.37 bits per heavy atom. The van der Waals surface area contributed by atoms with Crippen molar-refractivity contribution in [1.29, 1.82) is 0 Å². The van der Waals surface area contributed by atoms with Crippen LogP contribution in [0.2, 0.25) is 5.02 Å². The van der Waals surface area contributed by atoms with Crippen LogP contribution in [0.3, 0.4) is 0 Å². The summed E-state index contributed by atoms with van der Waals surface area (Å²) in [6.45, 7) is 4.24. The third kappa shape index (κ3) is 3.98. The maximum absolute atomic E-state index is 6.18. The first-order chi connectivity index (χ1) is 9.20. The van der Waals surface area contributed by atoms with Gasteiger partial charge in [0.25, 0.3) is 0 Å². The highest BCUT2D eigenvalue weighted by molar-refractivity contribution is 7.98. The number of halogens is 1. The van der Waals surface area contributed by atoms with Gasteiger partial charge >= 0.3 is 0 Å². The molecule has 0 aliphatic heterocycles. The highest BCUT2D eigenvalue weighted by Gasteiger charge is 2.12. The Labute approximate surface area is 122 Å². The predicted molar refractivity (Wildman–Crippen MR) is 79.5 cm³/mol. The van der Waals surface area contributed by atoms with Crippen molar-refractivity contribution >= 4 is 23.4 Å². The first-order valence-electron chi connectivity index (χ1n) is 6.38. The van der Waals surface area contributed by atoms with E-state index in [-0.39, 0.29) is 0 Å². The monoisotopic (exact) mass is 296 g/mol. The second-order valence-electron chi connectivity index (χ2n) is 4.33. The molecule has 5 heteroatoms. The van der Waals surface area contributed by atoms with Gasteiger partial charge in [-0.1, -0.05) is 41.9 Å². The standard InChI is InChI=1S/C14H17ClN2OS/c1-3-6-13-16-14(18-17-13)9-19-10(2)11-7-4-5-8-12(11)15/h4-5,7-8,10H,3,6,9H2,1-2H3. The molecule has 0 amide bonds. The zero-order valence-corrected chi connectivity index (χ0v) is 12.7. The molecule has 0 radical (unpaired) electrons. The topological polar surface area (TPSA) is 38.9 Å². The number of aryl methyl sites for hydroxylation is 1. The maximum atomic E-state index is 6.18. The van der Waals surface area contributed by atoms with Crippen LogP contribution in [0.5, 0.6) is 0 Å². The Hall–Kier alpha value is -1.00. The van der Waals surface area contributed by atoms with Crippen molar-refractivity contribution in [1.82, 2.24) is 10.1 Å². The highest BCUT2D eigenvalue weighted by atomic mass is 35.5. The molecule has 102 valence electrons. The van der Waals surface area contributed by atoms with Crippen molar-refractivity contribution < 1.29 is 4.52 Å². The molecule has 2 rings (SSSR count). The number of benzene rings is 1. The van der Waals surface area contributed by atoms with Crippen LogP contribution in [0.25, 0.3) is 0 Å². The predicted octanol–water partition coefficient (Wildman–Crippen LogP) is 4.67. The molecule has 0 bridgehead atoms. The van der Waals surface area contributed by atoms with Crippen molar-refractivity contribution in [2.75, 3.05) is 0 Å². The summed E-state index contributed by atoms with van der Waals surface area (Å²) in [5.74, 6) is 2.19. The van der Waals surface area contributed by atoms with E-state index in [9.17, 15) is 0 Å². The van der Waals surface area contributed by atoms with E-state index in [2.05, 4.69) is 30.1 Å². The number of hydrogen-bond donors (Lipinski definition) is 0. The molecule has 1 unspecified atom stereocenters. The molecular formula is C14H17ClN2OS. The van der Waals surface area contributed by atoms with Crippen LogP contribution < -0.4 is 0 Å². The minimum Gasteiger partial charge on any atom is -0.338 e. The van der Waals surface area contributed by atoms with Crippen LogP contribution in [0, 0.1) is 0 Å². The Kier molecular flexibility index (Phi) is 5.28. The van der Waals surface area contributed by atoms with Gasteiger partial charge in [-0.05, 0) is 25.0 Å². The lowest BCUT2D eigenvalue weighted by molar-refractivity contribution is 0.384. The number of nitrogens with zero attached hydrogens (tertiary/aromatic N) is 2. The van der Waals surface area contributed by atoms with Gasteiger partial charge in [0, 0.05) is 16.7 Å².